The number of carbonyl (C=O) groups is 1. The maximum Gasteiger partial charge on any atom is 0.261 e. The Balaban J connectivity index is 1.59. The third kappa shape index (κ3) is 2.81. The van der Waals surface area contributed by atoms with Gasteiger partial charge in [0.1, 0.15) is 0 Å². The van der Waals surface area contributed by atoms with Crippen LogP contribution in [-0.2, 0) is 6.42 Å². The maximum absolute atomic E-state index is 12.7. The van der Waals surface area contributed by atoms with Crippen molar-refractivity contribution < 1.29 is 4.79 Å². The lowest BCUT2D eigenvalue weighted by Crippen LogP contribution is -2.28. The molecule has 2 aromatic carbocycles. The van der Waals surface area contributed by atoms with E-state index >= 15 is 0 Å². The minimum absolute atomic E-state index is 0.127. The quantitative estimate of drug-likeness (QED) is 0.724. The van der Waals surface area contributed by atoms with Gasteiger partial charge in [-0.15, -0.1) is 0 Å². The fourth-order valence-electron chi connectivity index (χ4n) is 3.39. The molecule has 26 heavy (non-hydrogen) atoms. The van der Waals surface area contributed by atoms with Gasteiger partial charge in [-0.3, -0.25) is 4.79 Å². The average molecular weight is 344 g/mol. The average Bonchev–Trinajstić information content (AvgIpc) is 3.03. The first kappa shape index (κ1) is 16.3. The van der Waals surface area contributed by atoms with Gasteiger partial charge in [0.15, 0.2) is 0 Å². The number of anilines is 3. The third-order valence-corrected chi connectivity index (χ3v) is 4.76. The number of hydrogen-bond acceptors (Lipinski definition) is 4. The number of carbonyl (C=O) groups excluding carboxylic acids is 1. The Labute approximate surface area is 152 Å². The van der Waals surface area contributed by atoms with Crippen molar-refractivity contribution in [1.29, 1.82) is 0 Å². The minimum atomic E-state index is -0.127. The normalized spacial score (nSPS) is 15.6. The van der Waals surface area contributed by atoms with Gasteiger partial charge in [0.2, 0.25) is 5.95 Å². The molecule has 1 amide bonds. The Kier molecular flexibility index (Phi) is 4.13. The van der Waals surface area contributed by atoms with Crippen LogP contribution in [0.25, 0.3) is 0 Å². The fraction of sp³-hybridized carbons (Fsp3) is 0.190. The molecule has 3 aromatic rings. The molecule has 4 rings (SSSR count). The molecule has 1 aliphatic rings. The monoisotopic (exact) mass is 344 g/mol. The molecule has 5 heteroatoms. The van der Waals surface area contributed by atoms with Gasteiger partial charge < -0.3 is 9.80 Å². The molecule has 1 aliphatic heterocycles. The summed E-state index contributed by atoms with van der Waals surface area (Å²) in [6.07, 6.45) is 4.19. The van der Waals surface area contributed by atoms with Crippen LogP contribution in [0, 0.1) is 0 Å². The highest BCUT2D eigenvalue weighted by Crippen LogP contribution is 2.36. The highest BCUT2D eigenvalue weighted by molar-refractivity contribution is 6.05. The number of benzene rings is 2. The number of rotatable bonds is 3. The summed E-state index contributed by atoms with van der Waals surface area (Å²) in [5.74, 6) is 0.499. The molecule has 130 valence electrons. The molecule has 0 spiro atoms. The van der Waals surface area contributed by atoms with E-state index in [0.717, 1.165) is 17.8 Å². The molecular formula is C21H20N4O. The first-order valence-corrected chi connectivity index (χ1v) is 8.67. The van der Waals surface area contributed by atoms with Gasteiger partial charge in [-0.2, -0.15) is 0 Å². The highest BCUT2D eigenvalue weighted by Gasteiger charge is 2.28. The van der Waals surface area contributed by atoms with Crippen LogP contribution in [0.3, 0.4) is 0 Å². The second-order valence-electron chi connectivity index (χ2n) is 6.52. The van der Waals surface area contributed by atoms with E-state index < -0.39 is 0 Å². The van der Waals surface area contributed by atoms with Crippen molar-refractivity contribution >= 4 is 23.2 Å². The summed E-state index contributed by atoms with van der Waals surface area (Å²) < 4.78 is 0. The Bertz CT molecular complexity index is 924. The summed E-state index contributed by atoms with van der Waals surface area (Å²) in [6.45, 7) is 2.16. The Morgan fingerprint density at radius 1 is 1.04 bits per heavy atom. The van der Waals surface area contributed by atoms with Crippen LogP contribution in [0.2, 0.25) is 0 Å². The van der Waals surface area contributed by atoms with Gasteiger partial charge in [-0.25, -0.2) is 9.97 Å². The van der Waals surface area contributed by atoms with Crippen molar-refractivity contribution in [2.24, 2.45) is 0 Å². The predicted octanol–water partition coefficient (Wildman–Crippen LogP) is 3.84. The summed E-state index contributed by atoms with van der Waals surface area (Å²) in [5.41, 5.74) is 3.75. The van der Waals surface area contributed by atoms with Crippen LogP contribution < -0.4 is 9.80 Å². The number of para-hydroxylation sites is 2. The fourth-order valence-corrected chi connectivity index (χ4v) is 3.39. The molecule has 0 N–H and O–H groups in total. The van der Waals surface area contributed by atoms with Crippen molar-refractivity contribution in [2.45, 2.75) is 19.4 Å². The molecule has 1 aromatic heterocycles. The minimum Gasteiger partial charge on any atom is -0.311 e. The van der Waals surface area contributed by atoms with Gasteiger partial charge in [-0.05, 0) is 37.1 Å². The lowest BCUT2D eigenvalue weighted by Gasteiger charge is -2.23. The predicted molar refractivity (Wildman–Crippen MR) is 103 cm³/mol. The van der Waals surface area contributed by atoms with Crippen molar-refractivity contribution in [3.05, 3.63) is 78.1 Å². The molecule has 0 fully saturated rings. The Hall–Kier alpha value is -3.21. The van der Waals surface area contributed by atoms with E-state index in [1.807, 2.05) is 36.4 Å². The molecule has 0 saturated carbocycles. The Morgan fingerprint density at radius 2 is 1.69 bits per heavy atom. The van der Waals surface area contributed by atoms with E-state index in [-0.39, 0.29) is 5.91 Å². The smallest absolute Gasteiger partial charge is 0.261 e. The summed E-state index contributed by atoms with van der Waals surface area (Å²) in [4.78, 5) is 25.4. The lowest BCUT2D eigenvalue weighted by atomic mass is 10.1. The molecule has 0 aliphatic carbocycles. The largest absolute Gasteiger partial charge is 0.311 e. The number of aromatic nitrogens is 2. The van der Waals surface area contributed by atoms with Gasteiger partial charge in [0, 0.05) is 36.9 Å². The molecule has 1 unspecified atom stereocenters. The van der Waals surface area contributed by atoms with Crippen LogP contribution in [0.5, 0.6) is 0 Å². The number of fused-ring (bicyclic) bond motifs is 1. The van der Waals surface area contributed by atoms with E-state index in [9.17, 15) is 4.79 Å². The highest BCUT2D eigenvalue weighted by atomic mass is 16.2. The zero-order chi connectivity index (χ0) is 18.1. The summed E-state index contributed by atoms with van der Waals surface area (Å²) in [7, 11) is 1.75. The van der Waals surface area contributed by atoms with E-state index in [1.165, 1.54) is 5.56 Å². The zero-order valence-corrected chi connectivity index (χ0v) is 14.8. The SMILES string of the molecule is CC1Cc2ccccc2N1c1ncc(C(=O)N(C)c2ccccc2)cn1. The molecule has 0 bridgehead atoms. The van der Waals surface area contributed by atoms with Gasteiger partial charge in [0.05, 0.1) is 5.56 Å². The summed E-state index contributed by atoms with van der Waals surface area (Å²) >= 11 is 0. The van der Waals surface area contributed by atoms with Gasteiger partial charge in [-0.1, -0.05) is 36.4 Å². The van der Waals surface area contributed by atoms with E-state index in [2.05, 4.69) is 40.0 Å². The molecule has 5 nitrogen and oxygen atoms in total. The number of hydrogen-bond donors (Lipinski definition) is 0. The van der Waals surface area contributed by atoms with Crippen molar-refractivity contribution in [3.63, 3.8) is 0 Å². The first-order valence-electron chi connectivity index (χ1n) is 8.67. The summed E-state index contributed by atoms with van der Waals surface area (Å²) in [5, 5.41) is 0. The second-order valence-corrected chi connectivity index (χ2v) is 6.52. The Morgan fingerprint density at radius 3 is 2.42 bits per heavy atom. The molecule has 0 saturated heterocycles. The second kappa shape index (κ2) is 6.59. The zero-order valence-electron chi connectivity index (χ0n) is 14.8. The first-order chi connectivity index (χ1) is 12.6. The third-order valence-electron chi connectivity index (χ3n) is 4.76. The van der Waals surface area contributed by atoms with Crippen LogP contribution in [0.1, 0.15) is 22.8 Å². The molecule has 1 atom stereocenters. The van der Waals surface area contributed by atoms with E-state index in [0.29, 0.717) is 17.6 Å². The maximum atomic E-state index is 12.7. The van der Waals surface area contributed by atoms with E-state index in [1.54, 1.807) is 24.3 Å². The molecule has 2 heterocycles. The van der Waals surface area contributed by atoms with Crippen LogP contribution in [0.4, 0.5) is 17.3 Å². The van der Waals surface area contributed by atoms with Crippen LogP contribution >= 0.6 is 0 Å². The number of nitrogens with zero attached hydrogens (tertiary/aromatic N) is 4. The van der Waals surface area contributed by atoms with Crippen LogP contribution in [0.15, 0.2) is 67.0 Å². The van der Waals surface area contributed by atoms with Crippen molar-refractivity contribution in [3.8, 4) is 0 Å². The van der Waals surface area contributed by atoms with Crippen molar-refractivity contribution in [2.75, 3.05) is 16.8 Å². The number of amides is 1. The van der Waals surface area contributed by atoms with Gasteiger partial charge in [0.25, 0.3) is 5.91 Å². The standard InChI is InChI=1S/C21H20N4O/c1-15-12-16-8-6-7-11-19(16)25(15)21-22-13-17(14-23-21)20(26)24(2)18-9-4-3-5-10-18/h3-11,13-15H,12H2,1-2H3. The molecule has 0 radical (unpaired) electrons. The topological polar surface area (TPSA) is 49.3 Å². The van der Waals surface area contributed by atoms with E-state index in [4.69, 9.17) is 0 Å². The van der Waals surface area contributed by atoms with Crippen LogP contribution in [-0.4, -0.2) is 29.0 Å². The lowest BCUT2D eigenvalue weighted by molar-refractivity contribution is 0.0992. The molecular weight excluding hydrogens is 324 g/mol. The van der Waals surface area contributed by atoms with Gasteiger partial charge >= 0.3 is 0 Å². The summed E-state index contributed by atoms with van der Waals surface area (Å²) in [6, 6.07) is 18.1. The van der Waals surface area contributed by atoms with Crippen molar-refractivity contribution in [1.82, 2.24) is 9.97 Å².